The molecule has 1 heterocycles. The Balaban J connectivity index is 2.00. The number of hydrogen-bond acceptors (Lipinski definition) is 10. The highest BCUT2D eigenvalue weighted by Crippen LogP contribution is 2.23. The Morgan fingerprint density at radius 2 is 0.901 bits per heavy atom. The quantitative estimate of drug-likeness (QED) is 0.0195. The van der Waals surface area contributed by atoms with Gasteiger partial charge in [-0.1, -0.05) is 237 Å². The highest BCUT2D eigenvalue weighted by atomic mass is 16.7. The van der Waals surface area contributed by atoms with Crippen molar-refractivity contribution in [3.63, 3.8) is 0 Å². The minimum atomic E-state index is -1.57. The van der Waals surface area contributed by atoms with Gasteiger partial charge in [0.1, 0.15) is 24.4 Å². The Kier molecular flexibility index (Phi) is 47.6. The molecule has 6 N–H and O–H groups in total. The van der Waals surface area contributed by atoms with Crippen LogP contribution in [0.1, 0.15) is 284 Å². The predicted molar refractivity (Wildman–Crippen MR) is 292 cm³/mol. The summed E-state index contributed by atoms with van der Waals surface area (Å²) in [7, 11) is 0. The summed E-state index contributed by atoms with van der Waals surface area (Å²) in [4.78, 5) is 25.0. The third-order valence-corrected chi connectivity index (χ3v) is 14.3. The molecule has 418 valence electrons. The second-order valence-corrected chi connectivity index (χ2v) is 21.1. The highest BCUT2D eigenvalue weighted by molar-refractivity contribution is 5.76. The van der Waals surface area contributed by atoms with E-state index in [9.17, 15) is 35.1 Å². The normalized spacial score (nSPS) is 19.2. The van der Waals surface area contributed by atoms with Crippen LogP contribution >= 0.6 is 0 Å². The summed E-state index contributed by atoms with van der Waals surface area (Å²) >= 11 is 0. The van der Waals surface area contributed by atoms with E-state index in [4.69, 9.17) is 14.2 Å². The van der Waals surface area contributed by atoms with Crippen LogP contribution in [0.2, 0.25) is 0 Å². The zero-order valence-corrected chi connectivity index (χ0v) is 45.9. The van der Waals surface area contributed by atoms with E-state index < -0.39 is 49.5 Å². The molecule has 0 radical (unpaired) electrons. The lowest BCUT2D eigenvalue weighted by atomic mass is 9.99. The van der Waals surface area contributed by atoms with Crippen molar-refractivity contribution in [2.45, 2.75) is 326 Å². The molecule has 1 aliphatic heterocycles. The molecule has 1 rings (SSSR count). The molecule has 1 amide bonds. The van der Waals surface area contributed by atoms with E-state index in [1.54, 1.807) is 6.08 Å². The minimum Gasteiger partial charge on any atom is -0.466 e. The average Bonchev–Trinajstić information content (AvgIpc) is 3.37. The fourth-order valence-electron chi connectivity index (χ4n) is 9.49. The molecule has 0 bridgehead atoms. The number of unbranched alkanes of at least 4 members (excludes halogenated alkanes) is 36. The number of ether oxygens (including phenoxy) is 3. The van der Waals surface area contributed by atoms with Gasteiger partial charge in [-0.25, -0.2) is 0 Å². The summed E-state index contributed by atoms with van der Waals surface area (Å²) in [5.41, 5.74) is 0. The third kappa shape index (κ3) is 40.2. The largest absolute Gasteiger partial charge is 0.466 e. The monoisotopic (exact) mass is 1010 g/mol. The average molecular weight is 1010 g/mol. The van der Waals surface area contributed by atoms with Gasteiger partial charge in [-0.3, -0.25) is 9.59 Å². The number of hydrogen-bond donors (Lipinski definition) is 6. The van der Waals surface area contributed by atoms with E-state index in [0.29, 0.717) is 19.4 Å². The van der Waals surface area contributed by atoms with Gasteiger partial charge in [0.05, 0.1) is 32.0 Å². The lowest BCUT2D eigenvalue weighted by Gasteiger charge is -2.40. The molecular formula is C60H113NO10. The summed E-state index contributed by atoms with van der Waals surface area (Å²) in [6.07, 6.45) is 50.0. The first-order valence-electron chi connectivity index (χ1n) is 30.1. The van der Waals surface area contributed by atoms with E-state index in [1.165, 1.54) is 193 Å². The number of nitrogens with one attached hydrogen (secondary N) is 1. The summed E-state index contributed by atoms with van der Waals surface area (Å²) in [5.74, 6) is -0.195. The topological polar surface area (TPSA) is 175 Å². The number of esters is 1. The lowest BCUT2D eigenvalue weighted by molar-refractivity contribution is -0.302. The Morgan fingerprint density at radius 3 is 1.37 bits per heavy atom. The van der Waals surface area contributed by atoms with Crippen molar-refractivity contribution in [2.75, 3.05) is 19.8 Å². The van der Waals surface area contributed by atoms with Gasteiger partial charge < -0.3 is 45.1 Å². The smallest absolute Gasteiger partial charge is 0.305 e. The van der Waals surface area contributed by atoms with Crippen LogP contribution in [0.4, 0.5) is 0 Å². The molecule has 0 aromatic heterocycles. The first-order chi connectivity index (χ1) is 34.7. The fraction of sp³-hybridized carbons (Fsp3) is 0.900. The van der Waals surface area contributed by atoms with Gasteiger partial charge in [-0.15, -0.1) is 0 Å². The van der Waals surface area contributed by atoms with Gasteiger partial charge in [0.25, 0.3) is 0 Å². The first kappa shape index (κ1) is 67.2. The molecule has 1 aliphatic rings. The second-order valence-electron chi connectivity index (χ2n) is 21.1. The Bertz CT molecular complexity index is 1230. The molecule has 11 heteroatoms. The SMILES string of the molecule is CCCCCC/C=C\CCCCCCCC(=O)OCCCCCCCCCCCCCCCCCCCCCCCC(=O)NC(COC1OC(CO)C(O)C(O)C1O)C(O)/C=C/CCCCCCCCC. The molecule has 1 fully saturated rings. The van der Waals surface area contributed by atoms with E-state index in [0.717, 1.165) is 64.2 Å². The van der Waals surface area contributed by atoms with Gasteiger partial charge >= 0.3 is 5.97 Å². The Hall–Kier alpha value is -1.86. The lowest BCUT2D eigenvalue weighted by Crippen LogP contribution is -2.60. The van der Waals surface area contributed by atoms with Crippen molar-refractivity contribution < 1.29 is 49.3 Å². The summed E-state index contributed by atoms with van der Waals surface area (Å²) in [6.45, 7) is 4.30. The number of rotatable bonds is 52. The predicted octanol–water partition coefficient (Wildman–Crippen LogP) is 13.7. The van der Waals surface area contributed by atoms with Gasteiger partial charge in [-0.05, 0) is 57.8 Å². The minimum absolute atomic E-state index is 0.0105. The number of carbonyl (C=O) groups excluding carboxylic acids is 2. The molecule has 1 saturated heterocycles. The molecule has 0 aromatic carbocycles. The summed E-state index contributed by atoms with van der Waals surface area (Å²) in [5, 5.41) is 54.2. The van der Waals surface area contributed by atoms with Gasteiger partial charge in [0.2, 0.25) is 5.91 Å². The zero-order chi connectivity index (χ0) is 51.7. The Labute approximate surface area is 435 Å². The molecule has 0 spiro atoms. The van der Waals surface area contributed by atoms with Gasteiger partial charge in [0.15, 0.2) is 6.29 Å². The van der Waals surface area contributed by atoms with Crippen molar-refractivity contribution in [1.82, 2.24) is 5.32 Å². The first-order valence-corrected chi connectivity index (χ1v) is 30.1. The number of carbonyl (C=O) groups is 2. The molecule has 71 heavy (non-hydrogen) atoms. The molecule has 7 atom stereocenters. The van der Waals surface area contributed by atoms with Crippen molar-refractivity contribution in [1.29, 1.82) is 0 Å². The maximum absolute atomic E-state index is 13.0. The molecule has 0 saturated carbocycles. The summed E-state index contributed by atoms with van der Waals surface area (Å²) < 4.78 is 16.7. The third-order valence-electron chi connectivity index (χ3n) is 14.3. The number of aliphatic hydroxyl groups is 5. The highest BCUT2D eigenvalue weighted by Gasteiger charge is 2.44. The van der Waals surface area contributed by atoms with Crippen LogP contribution in [0.15, 0.2) is 24.3 Å². The van der Waals surface area contributed by atoms with Crippen molar-refractivity contribution in [3.8, 4) is 0 Å². The molecule has 0 aliphatic carbocycles. The maximum atomic E-state index is 13.0. The maximum Gasteiger partial charge on any atom is 0.305 e. The van der Waals surface area contributed by atoms with E-state index >= 15 is 0 Å². The molecule has 7 unspecified atom stereocenters. The molecule has 11 nitrogen and oxygen atoms in total. The van der Waals surface area contributed by atoms with Gasteiger partial charge in [0, 0.05) is 12.8 Å². The number of amides is 1. The van der Waals surface area contributed by atoms with Crippen molar-refractivity contribution >= 4 is 11.9 Å². The van der Waals surface area contributed by atoms with Crippen LogP contribution in [-0.4, -0.2) is 100 Å². The van der Waals surface area contributed by atoms with Gasteiger partial charge in [-0.2, -0.15) is 0 Å². The van der Waals surface area contributed by atoms with Crippen LogP contribution in [-0.2, 0) is 23.8 Å². The van der Waals surface area contributed by atoms with Crippen LogP contribution < -0.4 is 5.32 Å². The second kappa shape index (κ2) is 50.3. The standard InChI is InChI=1S/C60H113NO10/c1-3-5-7-9-11-13-14-24-28-32-36-40-44-48-56(65)69-49-45-41-37-33-29-26-23-21-19-17-15-16-18-20-22-25-27-31-35-39-43-47-55(64)61-52(53(63)46-42-38-34-30-12-10-8-6-4-2)51-70-60-59(68)58(67)57(66)54(50-62)71-60/h13-14,42,46,52-54,57-60,62-63,66-68H,3-12,15-41,43-45,47-51H2,1-2H3,(H,61,64)/b14-13-,46-42+. The Morgan fingerprint density at radius 1 is 0.507 bits per heavy atom. The van der Waals surface area contributed by atoms with Crippen LogP contribution in [0.3, 0.4) is 0 Å². The van der Waals surface area contributed by atoms with E-state index in [2.05, 4.69) is 31.3 Å². The van der Waals surface area contributed by atoms with Crippen LogP contribution in [0, 0.1) is 0 Å². The van der Waals surface area contributed by atoms with Crippen molar-refractivity contribution in [3.05, 3.63) is 24.3 Å². The van der Waals surface area contributed by atoms with E-state index in [-0.39, 0.29) is 18.5 Å². The number of aliphatic hydroxyl groups excluding tert-OH is 5. The molecule has 0 aromatic rings. The van der Waals surface area contributed by atoms with Crippen molar-refractivity contribution in [2.24, 2.45) is 0 Å². The zero-order valence-electron chi connectivity index (χ0n) is 45.9. The van der Waals surface area contributed by atoms with Crippen LogP contribution in [0.5, 0.6) is 0 Å². The van der Waals surface area contributed by atoms with Crippen LogP contribution in [0.25, 0.3) is 0 Å². The van der Waals surface area contributed by atoms with E-state index in [1.807, 2.05) is 6.08 Å². The number of allylic oxidation sites excluding steroid dienone is 3. The fourth-order valence-corrected chi connectivity index (χ4v) is 9.49. The molecular weight excluding hydrogens is 895 g/mol. The summed E-state index contributed by atoms with van der Waals surface area (Å²) in [6, 6.07) is -0.809.